The molecule has 2 heterocycles. The molecule has 0 atom stereocenters. The Kier molecular flexibility index (Phi) is 1.60. The first-order valence-electron chi connectivity index (χ1n) is 3.85. The predicted molar refractivity (Wildman–Crippen MR) is 38.2 cm³/mol. The molecule has 12 heavy (non-hydrogen) atoms. The molecular weight excluding hydrogens is 160 g/mol. The molecule has 64 valence electrons. The lowest BCUT2D eigenvalue weighted by Gasteiger charge is -1.98. The van der Waals surface area contributed by atoms with Crippen LogP contribution in [0.25, 0.3) is 0 Å². The number of ether oxygens (including phenoxy) is 2. The maximum absolute atomic E-state index is 11.1. The molecule has 0 aromatic rings. The fourth-order valence-electron chi connectivity index (χ4n) is 1.36. The van der Waals surface area contributed by atoms with Crippen molar-refractivity contribution in [2.45, 2.75) is 12.8 Å². The normalized spacial score (nSPS) is 29.0. The van der Waals surface area contributed by atoms with Crippen molar-refractivity contribution in [2.75, 3.05) is 13.2 Å². The highest BCUT2D eigenvalue weighted by Crippen LogP contribution is 2.24. The van der Waals surface area contributed by atoms with E-state index in [0.29, 0.717) is 18.8 Å². The first-order chi connectivity index (χ1) is 5.79. The van der Waals surface area contributed by atoms with Gasteiger partial charge in [0.15, 0.2) is 6.61 Å². The maximum Gasteiger partial charge on any atom is 0.345 e. The number of esters is 1. The van der Waals surface area contributed by atoms with Crippen LogP contribution in [0.1, 0.15) is 12.8 Å². The summed E-state index contributed by atoms with van der Waals surface area (Å²) in [6.45, 7) is 0.473. The SMILES string of the molecule is O=C1COC(=O)/C1=C1\CCCO1. The topological polar surface area (TPSA) is 52.6 Å². The molecule has 0 unspecified atom stereocenters. The van der Waals surface area contributed by atoms with E-state index < -0.39 is 5.97 Å². The van der Waals surface area contributed by atoms with E-state index in [1.165, 1.54) is 0 Å². The lowest BCUT2D eigenvalue weighted by molar-refractivity contribution is -0.135. The molecule has 2 aliphatic rings. The summed E-state index contributed by atoms with van der Waals surface area (Å²) in [6.07, 6.45) is 1.55. The summed E-state index contributed by atoms with van der Waals surface area (Å²) in [5.74, 6) is -0.267. The lowest BCUT2D eigenvalue weighted by Crippen LogP contribution is -2.05. The largest absolute Gasteiger partial charge is 0.497 e. The molecule has 2 rings (SSSR count). The van der Waals surface area contributed by atoms with Crippen molar-refractivity contribution in [2.24, 2.45) is 0 Å². The Bertz CT molecular complexity index is 251. The number of Topliss-reactive ketones (excluding diaryl/α,β-unsaturated/α-hetero) is 1. The summed E-state index contributed by atoms with van der Waals surface area (Å²) in [5, 5.41) is 0. The third kappa shape index (κ3) is 0.995. The predicted octanol–water partition coefficient (Wildman–Crippen LogP) is 0.177. The average molecular weight is 168 g/mol. The van der Waals surface area contributed by atoms with Crippen LogP contribution in [-0.4, -0.2) is 25.0 Å². The number of hydrogen-bond acceptors (Lipinski definition) is 4. The lowest BCUT2D eigenvalue weighted by atomic mass is 10.1. The highest BCUT2D eigenvalue weighted by atomic mass is 16.5. The van der Waals surface area contributed by atoms with E-state index in [9.17, 15) is 9.59 Å². The van der Waals surface area contributed by atoms with Crippen molar-refractivity contribution in [3.63, 3.8) is 0 Å². The zero-order chi connectivity index (χ0) is 8.55. The van der Waals surface area contributed by atoms with E-state index >= 15 is 0 Å². The van der Waals surface area contributed by atoms with Gasteiger partial charge in [-0.2, -0.15) is 0 Å². The van der Waals surface area contributed by atoms with Crippen LogP contribution in [0.4, 0.5) is 0 Å². The van der Waals surface area contributed by atoms with E-state index in [1.807, 2.05) is 0 Å². The molecule has 0 aliphatic carbocycles. The Balaban J connectivity index is 2.35. The van der Waals surface area contributed by atoms with Gasteiger partial charge in [0.05, 0.1) is 6.61 Å². The van der Waals surface area contributed by atoms with Crippen LogP contribution in [0.15, 0.2) is 11.3 Å². The minimum absolute atomic E-state index is 0.124. The van der Waals surface area contributed by atoms with Crippen molar-refractivity contribution >= 4 is 11.8 Å². The number of ketones is 1. The van der Waals surface area contributed by atoms with Crippen LogP contribution >= 0.6 is 0 Å². The van der Waals surface area contributed by atoms with Gasteiger partial charge in [-0.15, -0.1) is 0 Å². The Morgan fingerprint density at radius 2 is 2.00 bits per heavy atom. The number of allylic oxidation sites excluding steroid dienone is 1. The van der Waals surface area contributed by atoms with Crippen molar-refractivity contribution in [1.29, 1.82) is 0 Å². The summed E-state index contributed by atoms with van der Waals surface area (Å²) in [4.78, 5) is 22.1. The average Bonchev–Trinajstić information content (AvgIpc) is 2.61. The zero-order valence-corrected chi connectivity index (χ0v) is 6.46. The van der Waals surface area contributed by atoms with E-state index in [2.05, 4.69) is 4.74 Å². The Morgan fingerprint density at radius 3 is 2.50 bits per heavy atom. The molecule has 0 saturated carbocycles. The van der Waals surface area contributed by atoms with Crippen LogP contribution < -0.4 is 0 Å². The van der Waals surface area contributed by atoms with Gasteiger partial charge in [-0.1, -0.05) is 0 Å². The van der Waals surface area contributed by atoms with Crippen LogP contribution in [0.3, 0.4) is 0 Å². The monoisotopic (exact) mass is 168 g/mol. The van der Waals surface area contributed by atoms with Gasteiger partial charge in [0.2, 0.25) is 5.78 Å². The molecule has 0 aromatic heterocycles. The number of cyclic esters (lactones) is 1. The number of rotatable bonds is 0. The van der Waals surface area contributed by atoms with Gasteiger partial charge in [-0.3, -0.25) is 4.79 Å². The molecule has 0 radical (unpaired) electrons. The summed E-state index contributed by atoms with van der Waals surface area (Å²) in [7, 11) is 0. The Hall–Kier alpha value is -1.32. The minimum Gasteiger partial charge on any atom is -0.497 e. The molecule has 0 bridgehead atoms. The summed E-state index contributed by atoms with van der Waals surface area (Å²) in [5.41, 5.74) is 0.132. The summed E-state index contributed by atoms with van der Waals surface area (Å²) >= 11 is 0. The van der Waals surface area contributed by atoms with E-state index in [1.54, 1.807) is 0 Å². The first kappa shape index (κ1) is 7.34. The molecular formula is C8H8O4. The highest BCUT2D eigenvalue weighted by molar-refractivity contribution is 6.22. The second kappa shape index (κ2) is 2.62. The molecule has 2 saturated heterocycles. The standard InChI is InChI=1S/C8H8O4/c9-5-4-12-8(10)7(5)6-2-1-3-11-6/h1-4H2/b7-6+. The van der Waals surface area contributed by atoms with Crippen LogP contribution in [0, 0.1) is 0 Å². The fraction of sp³-hybridized carbons (Fsp3) is 0.500. The molecule has 2 aliphatic heterocycles. The van der Waals surface area contributed by atoms with Gasteiger partial charge in [0.1, 0.15) is 11.3 Å². The fourth-order valence-corrected chi connectivity index (χ4v) is 1.36. The molecule has 0 aromatic carbocycles. The third-order valence-corrected chi connectivity index (χ3v) is 1.92. The van der Waals surface area contributed by atoms with Gasteiger partial charge < -0.3 is 9.47 Å². The van der Waals surface area contributed by atoms with Crippen LogP contribution in [-0.2, 0) is 19.1 Å². The molecule has 2 fully saturated rings. The molecule has 0 amide bonds. The van der Waals surface area contributed by atoms with E-state index in [4.69, 9.17) is 4.74 Å². The van der Waals surface area contributed by atoms with Gasteiger partial charge >= 0.3 is 5.97 Å². The molecule has 4 nitrogen and oxygen atoms in total. The van der Waals surface area contributed by atoms with Crippen molar-refractivity contribution in [1.82, 2.24) is 0 Å². The van der Waals surface area contributed by atoms with Gasteiger partial charge in [0, 0.05) is 6.42 Å². The maximum atomic E-state index is 11.1. The van der Waals surface area contributed by atoms with Crippen molar-refractivity contribution < 1.29 is 19.1 Å². The summed E-state index contributed by atoms with van der Waals surface area (Å²) in [6, 6.07) is 0. The zero-order valence-electron chi connectivity index (χ0n) is 6.46. The number of carbonyl (C=O) groups is 2. The summed E-state index contributed by atoms with van der Waals surface area (Å²) < 4.78 is 9.70. The smallest absolute Gasteiger partial charge is 0.345 e. The molecule has 0 N–H and O–H groups in total. The van der Waals surface area contributed by atoms with Crippen molar-refractivity contribution in [3.8, 4) is 0 Å². The number of carbonyl (C=O) groups excluding carboxylic acids is 2. The second-order valence-corrected chi connectivity index (χ2v) is 2.75. The van der Waals surface area contributed by atoms with Gasteiger partial charge in [0.25, 0.3) is 0 Å². The van der Waals surface area contributed by atoms with Gasteiger partial charge in [-0.05, 0) is 6.42 Å². The second-order valence-electron chi connectivity index (χ2n) is 2.75. The first-order valence-corrected chi connectivity index (χ1v) is 3.85. The minimum atomic E-state index is -0.531. The third-order valence-electron chi connectivity index (χ3n) is 1.92. The highest BCUT2D eigenvalue weighted by Gasteiger charge is 2.33. The van der Waals surface area contributed by atoms with Crippen LogP contribution in [0.2, 0.25) is 0 Å². The van der Waals surface area contributed by atoms with E-state index in [0.717, 1.165) is 6.42 Å². The number of hydrogen-bond donors (Lipinski definition) is 0. The molecule has 4 heteroatoms. The quantitative estimate of drug-likeness (QED) is 0.294. The van der Waals surface area contributed by atoms with Crippen molar-refractivity contribution in [3.05, 3.63) is 11.3 Å². The Labute approximate surface area is 69.1 Å². The van der Waals surface area contributed by atoms with E-state index in [-0.39, 0.29) is 18.0 Å². The van der Waals surface area contributed by atoms with Crippen LogP contribution in [0.5, 0.6) is 0 Å². The Morgan fingerprint density at radius 1 is 1.17 bits per heavy atom. The van der Waals surface area contributed by atoms with Gasteiger partial charge in [-0.25, -0.2) is 4.79 Å². The molecule has 0 spiro atoms.